The highest BCUT2D eigenvalue weighted by atomic mass is 35.5. The second-order valence-corrected chi connectivity index (χ2v) is 7.44. The smallest absolute Gasteiger partial charge is 0.333 e. The van der Waals surface area contributed by atoms with Gasteiger partial charge in [0.1, 0.15) is 5.82 Å². The fourth-order valence-corrected chi connectivity index (χ4v) is 3.64. The van der Waals surface area contributed by atoms with E-state index in [1.165, 1.54) is 16.3 Å². The van der Waals surface area contributed by atoms with Crippen molar-refractivity contribution < 1.29 is 4.79 Å². The largest absolute Gasteiger partial charge is 0.334 e. The second-order valence-electron chi connectivity index (χ2n) is 6.04. The number of carbonyl (C=O) groups excluding carboxylic acids is 1. The van der Waals surface area contributed by atoms with Gasteiger partial charge < -0.3 is 10.3 Å². The van der Waals surface area contributed by atoms with Crippen LogP contribution in [0.5, 0.6) is 0 Å². The van der Waals surface area contributed by atoms with Crippen LogP contribution >= 0.6 is 23.4 Å². The van der Waals surface area contributed by atoms with Crippen LogP contribution in [-0.2, 0) is 4.79 Å². The van der Waals surface area contributed by atoms with Gasteiger partial charge in [0.25, 0.3) is 5.56 Å². The molecule has 0 unspecified atom stereocenters. The Bertz CT molecular complexity index is 1290. The van der Waals surface area contributed by atoms with E-state index in [1.807, 2.05) is 24.3 Å². The number of H-pyrrole nitrogens is 2. The molecule has 0 aliphatic carbocycles. The number of para-hydroxylation sites is 2. The fraction of sp³-hybridized carbons (Fsp3) is 0.0526. The predicted octanol–water partition coefficient (Wildman–Crippen LogP) is 2.79. The number of hydrogen-bond donors (Lipinski definition) is 3. The number of rotatable bonds is 5. The quantitative estimate of drug-likeness (QED) is 0.424. The lowest BCUT2D eigenvalue weighted by Crippen LogP contribution is -2.32. The number of halogens is 1. The maximum atomic E-state index is 12.4. The lowest BCUT2D eigenvalue weighted by atomic mass is 10.3. The van der Waals surface area contributed by atoms with Crippen molar-refractivity contribution in [3.63, 3.8) is 0 Å². The van der Waals surface area contributed by atoms with Crippen LogP contribution in [-0.4, -0.2) is 31.2 Å². The van der Waals surface area contributed by atoms with E-state index in [9.17, 15) is 14.4 Å². The number of thioether (sulfide) groups is 1. The van der Waals surface area contributed by atoms with E-state index in [0.29, 0.717) is 15.9 Å². The standard InChI is InChI=1S/C19H14ClN5O3S/c20-11-4-3-5-12(8-11)25-15(9-16(26)24-19(25)28)23-17(27)10-29-18-21-13-6-1-2-7-14(13)22-18/h1-9H,10H2,(H,21,22)(H,23,27)(H,24,26,28). The summed E-state index contributed by atoms with van der Waals surface area (Å²) in [6.07, 6.45) is 0. The first-order valence-corrected chi connectivity index (χ1v) is 9.86. The van der Waals surface area contributed by atoms with Gasteiger partial charge in [-0.3, -0.25) is 14.6 Å². The molecule has 0 saturated heterocycles. The molecule has 0 atom stereocenters. The number of amides is 1. The van der Waals surface area contributed by atoms with Crippen LogP contribution in [0, 0.1) is 0 Å². The Kier molecular flexibility index (Phi) is 5.24. The fourth-order valence-electron chi connectivity index (χ4n) is 2.77. The normalized spacial score (nSPS) is 10.9. The second kappa shape index (κ2) is 7.98. The summed E-state index contributed by atoms with van der Waals surface area (Å²) >= 11 is 7.21. The number of nitrogens with zero attached hydrogens (tertiary/aromatic N) is 2. The van der Waals surface area contributed by atoms with E-state index in [4.69, 9.17) is 11.6 Å². The molecular weight excluding hydrogens is 414 g/mol. The first kappa shape index (κ1) is 19.0. The summed E-state index contributed by atoms with van der Waals surface area (Å²) in [7, 11) is 0. The van der Waals surface area contributed by atoms with Crippen LogP contribution < -0.4 is 16.6 Å². The Balaban J connectivity index is 1.56. The minimum absolute atomic E-state index is 0.0381. The molecule has 0 aliphatic heterocycles. The molecule has 146 valence electrons. The topological polar surface area (TPSA) is 113 Å². The summed E-state index contributed by atoms with van der Waals surface area (Å²) in [5.74, 6) is -0.302. The van der Waals surface area contributed by atoms with Crippen molar-refractivity contribution in [3.8, 4) is 5.69 Å². The number of imidazole rings is 1. The Morgan fingerprint density at radius 3 is 2.72 bits per heavy atom. The molecule has 0 bridgehead atoms. The lowest BCUT2D eigenvalue weighted by Gasteiger charge is -2.13. The van der Waals surface area contributed by atoms with Gasteiger partial charge in [-0.25, -0.2) is 14.3 Å². The average molecular weight is 428 g/mol. The van der Waals surface area contributed by atoms with Crippen LogP contribution in [0.4, 0.5) is 5.82 Å². The predicted molar refractivity (Wildman–Crippen MR) is 113 cm³/mol. The maximum Gasteiger partial charge on any atom is 0.334 e. The number of aromatic amines is 2. The van der Waals surface area contributed by atoms with Crippen molar-refractivity contribution in [2.45, 2.75) is 5.16 Å². The summed E-state index contributed by atoms with van der Waals surface area (Å²) in [4.78, 5) is 46.2. The summed E-state index contributed by atoms with van der Waals surface area (Å²) in [5, 5.41) is 3.62. The van der Waals surface area contributed by atoms with E-state index >= 15 is 0 Å². The summed E-state index contributed by atoms with van der Waals surface area (Å²) in [5.41, 5.74) is 0.798. The van der Waals surface area contributed by atoms with E-state index in [2.05, 4.69) is 20.3 Å². The number of anilines is 1. The zero-order valence-electron chi connectivity index (χ0n) is 14.8. The Morgan fingerprint density at radius 1 is 1.10 bits per heavy atom. The van der Waals surface area contributed by atoms with Crippen molar-refractivity contribution in [1.82, 2.24) is 19.5 Å². The molecule has 2 heterocycles. The van der Waals surface area contributed by atoms with Gasteiger partial charge in [0.2, 0.25) is 5.91 Å². The molecule has 4 aromatic rings. The number of aromatic nitrogens is 4. The SMILES string of the molecule is O=C(CSc1nc2ccccc2[nH]1)Nc1cc(=O)[nH]c(=O)n1-c1cccc(Cl)c1. The molecule has 0 spiro atoms. The zero-order valence-corrected chi connectivity index (χ0v) is 16.4. The number of hydrogen-bond acceptors (Lipinski definition) is 5. The lowest BCUT2D eigenvalue weighted by molar-refractivity contribution is -0.113. The highest BCUT2D eigenvalue weighted by Gasteiger charge is 2.13. The Labute approximate surface area is 172 Å². The van der Waals surface area contributed by atoms with Crippen molar-refractivity contribution in [3.05, 3.63) is 80.5 Å². The van der Waals surface area contributed by atoms with Crippen LogP contribution in [0.25, 0.3) is 16.7 Å². The summed E-state index contributed by atoms with van der Waals surface area (Å²) in [6.45, 7) is 0. The zero-order chi connectivity index (χ0) is 20.4. The monoisotopic (exact) mass is 427 g/mol. The van der Waals surface area contributed by atoms with Gasteiger partial charge >= 0.3 is 5.69 Å². The first-order valence-electron chi connectivity index (χ1n) is 8.49. The molecule has 0 radical (unpaired) electrons. The van der Waals surface area contributed by atoms with E-state index in [-0.39, 0.29) is 11.6 Å². The minimum atomic E-state index is -0.681. The van der Waals surface area contributed by atoms with Gasteiger partial charge in [-0.1, -0.05) is 41.6 Å². The third-order valence-electron chi connectivity index (χ3n) is 3.98. The Morgan fingerprint density at radius 2 is 1.93 bits per heavy atom. The van der Waals surface area contributed by atoms with Crippen molar-refractivity contribution >= 4 is 46.1 Å². The number of carbonyl (C=O) groups is 1. The van der Waals surface area contributed by atoms with Gasteiger partial charge in [0.05, 0.1) is 22.5 Å². The Hall–Kier alpha value is -3.30. The van der Waals surface area contributed by atoms with Gasteiger partial charge in [-0.2, -0.15) is 0 Å². The average Bonchev–Trinajstić information content (AvgIpc) is 3.09. The molecule has 1 amide bonds. The van der Waals surface area contributed by atoms with Crippen LogP contribution in [0.2, 0.25) is 5.02 Å². The third kappa shape index (κ3) is 4.25. The molecule has 2 aromatic carbocycles. The third-order valence-corrected chi connectivity index (χ3v) is 5.09. The summed E-state index contributed by atoms with van der Waals surface area (Å²) < 4.78 is 1.18. The molecule has 10 heteroatoms. The van der Waals surface area contributed by atoms with Gasteiger partial charge in [-0.15, -0.1) is 0 Å². The van der Waals surface area contributed by atoms with Crippen molar-refractivity contribution in [2.24, 2.45) is 0 Å². The minimum Gasteiger partial charge on any atom is -0.333 e. The molecule has 4 rings (SSSR count). The molecule has 2 aromatic heterocycles. The molecule has 29 heavy (non-hydrogen) atoms. The maximum absolute atomic E-state index is 12.4. The molecular formula is C19H14ClN5O3S. The van der Waals surface area contributed by atoms with Gasteiger partial charge in [-0.05, 0) is 30.3 Å². The first-order chi connectivity index (χ1) is 14.0. The van der Waals surface area contributed by atoms with E-state index in [1.54, 1.807) is 24.3 Å². The van der Waals surface area contributed by atoms with E-state index in [0.717, 1.165) is 17.1 Å². The number of benzene rings is 2. The van der Waals surface area contributed by atoms with Crippen LogP contribution in [0.1, 0.15) is 0 Å². The molecule has 0 saturated carbocycles. The number of fused-ring (bicyclic) bond motifs is 1. The molecule has 0 aliphatic rings. The van der Waals surface area contributed by atoms with Crippen molar-refractivity contribution in [1.29, 1.82) is 0 Å². The molecule has 3 N–H and O–H groups in total. The highest BCUT2D eigenvalue weighted by molar-refractivity contribution is 7.99. The summed E-state index contributed by atoms with van der Waals surface area (Å²) in [6, 6.07) is 15.2. The van der Waals surface area contributed by atoms with Crippen LogP contribution in [0.15, 0.2) is 69.3 Å². The van der Waals surface area contributed by atoms with Gasteiger partial charge in [0, 0.05) is 11.1 Å². The van der Waals surface area contributed by atoms with E-state index < -0.39 is 17.2 Å². The van der Waals surface area contributed by atoms with Crippen LogP contribution in [0.3, 0.4) is 0 Å². The van der Waals surface area contributed by atoms with Crippen molar-refractivity contribution in [2.75, 3.05) is 11.1 Å². The highest BCUT2D eigenvalue weighted by Crippen LogP contribution is 2.20. The van der Waals surface area contributed by atoms with Gasteiger partial charge in [0.15, 0.2) is 5.16 Å². The molecule has 0 fully saturated rings. The molecule has 8 nitrogen and oxygen atoms in total. The number of nitrogens with one attached hydrogen (secondary N) is 3.